The lowest BCUT2D eigenvalue weighted by Gasteiger charge is -2.10. The summed E-state index contributed by atoms with van der Waals surface area (Å²) in [5.41, 5.74) is 1.12. The van der Waals surface area contributed by atoms with Gasteiger partial charge >= 0.3 is 5.97 Å². The van der Waals surface area contributed by atoms with Crippen molar-refractivity contribution in [3.63, 3.8) is 0 Å². The third-order valence-electron chi connectivity index (χ3n) is 3.17. The number of benzene rings is 1. The number of carbonyl (C=O) groups is 1. The second-order valence-electron chi connectivity index (χ2n) is 4.50. The molecule has 0 spiro atoms. The average Bonchev–Trinajstić information content (AvgIpc) is 2.90. The van der Waals surface area contributed by atoms with Crippen molar-refractivity contribution in [2.45, 2.75) is 13.0 Å². The summed E-state index contributed by atoms with van der Waals surface area (Å²) < 4.78 is 11.8. The number of carboxylic acid groups (broad SMARTS) is 1. The largest absolute Gasteiger partial charge is 0.493 e. The number of hydrogen-bond donors (Lipinski definition) is 2. The maximum Gasteiger partial charge on any atom is 0.358 e. The number of aromatic nitrogens is 3. The van der Waals surface area contributed by atoms with Gasteiger partial charge in [-0.2, -0.15) is 0 Å². The fourth-order valence-corrected chi connectivity index (χ4v) is 2.13. The summed E-state index contributed by atoms with van der Waals surface area (Å²) >= 11 is 0. The number of nitrogens with zero attached hydrogens (tertiary/aromatic N) is 3. The minimum atomic E-state index is -1.15. The molecule has 0 aliphatic heterocycles. The Labute approximate surface area is 126 Å². The van der Waals surface area contributed by atoms with E-state index >= 15 is 0 Å². The van der Waals surface area contributed by atoms with Gasteiger partial charge in [0.1, 0.15) is 0 Å². The highest BCUT2D eigenvalue weighted by molar-refractivity contribution is 5.86. The van der Waals surface area contributed by atoms with E-state index in [0.717, 1.165) is 5.56 Å². The fourth-order valence-electron chi connectivity index (χ4n) is 2.13. The lowest BCUT2D eigenvalue weighted by Crippen LogP contribution is -2.11. The Hall–Kier alpha value is -2.61. The number of aliphatic hydroxyl groups is 1. The highest BCUT2D eigenvalue weighted by atomic mass is 16.5. The summed E-state index contributed by atoms with van der Waals surface area (Å²) in [5.74, 6) is -0.00979. The highest BCUT2D eigenvalue weighted by Gasteiger charge is 2.19. The third-order valence-corrected chi connectivity index (χ3v) is 3.17. The zero-order valence-corrected chi connectivity index (χ0v) is 12.3. The van der Waals surface area contributed by atoms with E-state index < -0.39 is 5.97 Å². The van der Waals surface area contributed by atoms with Gasteiger partial charge in [0.05, 0.1) is 33.1 Å². The van der Waals surface area contributed by atoms with Crippen LogP contribution < -0.4 is 9.47 Å². The van der Waals surface area contributed by atoms with E-state index in [4.69, 9.17) is 14.6 Å². The van der Waals surface area contributed by atoms with E-state index in [1.165, 1.54) is 11.8 Å². The molecule has 1 heterocycles. The molecule has 0 bridgehead atoms. The molecule has 0 amide bonds. The predicted molar refractivity (Wildman–Crippen MR) is 76.4 cm³/mol. The van der Waals surface area contributed by atoms with E-state index in [0.29, 0.717) is 23.6 Å². The van der Waals surface area contributed by atoms with Crippen molar-refractivity contribution in [2.75, 3.05) is 20.8 Å². The average molecular weight is 307 g/mol. The number of ether oxygens (including phenoxy) is 2. The van der Waals surface area contributed by atoms with Gasteiger partial charge in [0, 0.05) is 6.42 Å². The van der Waals surface area contributed by atoms with Gasteiger partial charge in [-0.15, -0.1) is 5.10 Å². The highest BCUT2D eigenvalue weighted by Crippen LogP contribution is 2.28. The van der Waals surface area contributed by atoms with Crippen LogP contribution in [0.25, 0.3) is 0 Å². The molecule has 0 unspecified atom stereocenters. The predicted octanol–water partition coefficient (Wildman–Crippen LogP) is 0.577. The molecule has 8 heteroatoms. The van der Waals surface area contributed by atoms with Crippen LogP contribution in [0.5, 0.6) is 11.5 Å². The Morgan fingerprint density at radius 3 is 2.59 bits per heavy atom. The van der Waals surface area contributed by atoms with Crippen LogP contribution in [0.2, 0.25) is 0 Å². The minimum Gasteiger partial charge on any atom is -0.493 e. The van der Waals surface area contributed by atoms with Crippen molar-refractivity contribution < 1.29 is 24.5 Å². The first-order valence-electron chi connectivity index (χ1n) is 6.58. The summed E-state index contributed by atoms with van der Waals surface area (Å²) in [6, 6.07) is 5.32. The first kappa shape index (κ1) is 15.8. The van der Waals surface area contributed by atoms with Gasteiger partial charge in [0.15, 0.2) is 17.2 Å². The molecule has 0 aliphatic rings. The Balaban J connectivity index is 2.37. The van der Waals surface area contributed by atoms with Crippen molar-refractivity contribution in [3.8, 4) is 11.5 Å². The molecule has 118 valence electrons. The maximum atomic E-state index is 11.2. The monoisotopic (exact) mass is 307 g/mol. The number of hydrogen-bond acceptors (Lipinski definition) is 6. The number of carboxylic acids is 1. The Bertz CT molecular complexity index is 668. The van der Waals surface area contributed by atoms with Crippen molar-refractivity contribution in [2.24, 2.45) is 0 Å². The lowest BCUT2D eigenvalue weighted by molar-refractivity contribution is 0.0689. The van der Waals surface area contributed by atoms with Crippen LogP contribution in [-0.2, 0) is 13.0 Å². The van der Waals surface area contributed by atoms with Gasteiger partial charge in [0.2, 0.25) is 0 Å². The van der Waals surface area contributed by atoms with Crippen molar-refractivity contribution in [1.29, 1.82) is 0 Å². The van der Waals surface area contributed by atoms with Gasteiger partial charge in [-0.1, -0.05) is 11.3 Å². The molecular weight excluding hydrogens is 290 g/mol. The van der Waals surface area contributed by atoms with Crippen molar-refractivity contribution >= 4 is 5.97 Å². The van der Waals surface area contributed by atoms with Gasteiger partial charge in [-0.05, 0) is 17.7 Å². The molecule has 22 heavy (non-hydrogen) atoms. The van der Waals surface area contributed by atoms with E-state index in [9.17, 15) is 9.90 Å². The van der Waals surface area contributed by atoms with Gasteiger partial charge in [-0.3, -0.25) is 0 Å². The summed E-state index contributed by atoms with van der Waals surface area (Å²) in [7, 11) is 3.07. The quantitative estimate of drug-likeness (QED) is 0.770. The Morgan fingerprint density at radius 1 is 1.27 bits per heavy atom. The molecule has 1 aromatic heterocycles. The number of aromatic carboxylic acids is 1. The molecule has 0 fully saturated rings. The molecule has 0 atom stereocenters. The minimum absolute atomic E-state index is 0.122. The Kier molecular flexibility index (Phi) is 4.95. The summed E-state index contributed by atoms with van der Waals surface area (Å²) in [4.78, 5) is 11.2. The summed E-state index contributed by atoms with van der Waals surface area (Å²) in [6.45, 7) is 0.0320. The first-order chi connectivity index (χ1) is 10.6. The van der Waals surface area contributed by atoms with Crippen LogP contribution in [0.3, 0.4) is 0 Å². The molecule has 0 saturated carbocycles. The molecule has 8 nitrogen and oxygen atoms in total. The summed E-state index contributed by atoms with van der Waals surface area (Å²) in [6.07, 6.45) is 0.301. The van der Waals surface area contributed by atoms with Crippen LogP contribution in [-0.4, -0.2) is 52.0 Å². The summed E-state index contributed by atoms with van der Waals surface area (Å²) in [5, 5.41) is 25.6. The molecule has 1 aromatic carbocycles. The maximum absolute atomic E-state index is 11.2. The van der Waals surface area contributed by atoms with Crippen LogP contribution in [0.15, 0.2) is 18.2 Å². The molecule has 0 aliphatic carbocycles. The molecular formula is C14H17N3O5. The van der Waals surface area contributed by atoms with Gasteiger partial charge < -0.3 is 19.7 Å². The lowest BCUT2D eigenvalue weighted by atomic mass is 10.1. The Morgan fingerprint density at radius 2 is 2.00 bits per heavy atom. The molecule has 0 saturated heterocycles. The van der Waals surface area contributed by atoms with Crippen LogP contribution >= 0.6 is 0 Å². The van der Waals surface area contributed by atoms with Crippen LogP contribution in [0.4, 0.5) is 0 Å². The first-order valence-corrected chi connectivity index (χ1v) is 6.58. The van der Waals surface area contributed by atoms with E-state index in [-0.39, 0.29) is 18.8 Å². The van der Waals surface area contributed by atoms with Gasteiger partial charge in [0.25, 0.3) is 0 Å². The second kappa shape index (κ2) is 6.90. The topological polar surface area (TPSA) is 107 Å². The van der Waals surface area contributed by atoms with E-state index in [2.05, 4.69) is 10.3 Å². The zero-order chi connectivity index (χ0) is 16.1. The number of methoxy groups -OCH3 is 2. The van der Waals surface area contributed by atoms with Gasteiger partial charge in [-0.25, -0.2) is 9.48 Å². The SMILES string of the molecule is COc1ccc(Cc2c(C(=O)O)nnn2CCO)cc1OC. The normalized spacial score (nSPS) is 10.5. The smallest absolute Gasteiger partial charge is 0.358 e. The molecule has 0 radical (unpaired) electrons. The van der Waals surface area contributed by atoms with Crippen LogP contribution in [0.1, 0.15) is 21.7 Å². The molecule has 2 aromatic rings. The molecule has 2 N–H and O–H groups in total. The van der Waals surface area contributed by atoms with Crippen LogP contribution in [0, 0.1) is 0 Å². The van der Waals surface area contributed by atoms with Crippen molar-refractivity contribution in [1.82, 2.24) is 15.0 Å². The van der Waals surface area contributed by atoms with E-state index in [1.807, 2.05) is 6.07 Å². The van der Waals surface area contributed by atoms with E-state index in [1.54, 1.807) is 19.2 Å². The van der Waals surface area contributed by atoms with Crippen molar-refractivity contribution in [3.05, 3.63) is 35.2 Å². The standard InChI is InChI=1S/C14H17N3O5/c1-21-11-4-3-9(8-12(11)22-2)7-10-13(14(19)20)15-16-17(10)5-6-18/h3-4,8,18H,5-7H2,1-2H3,(H,19,20). The zero-order valence-electron chi connectivity index (χ0n) is 12.3. The number of rotatable bonds is 7. The second-order valence-corrected chi connectivity index (χ2v) is 4.50. The molecule has 2 rings (SSSR count). The number of aliphatic hydroxyl groups excluding tert-OH is 1. The fraction of sp³-hybridized carbons (Fsp3) is 0.357. The third kappa shape index (κ3) is 3.17.